The van der Waals surface area contributed by atoms with E-state index >= 15 is 0 Å². The highest BCUT2D eigenvalue weighted by Crippen LogP contribution is 2.38. The predicted octanol–water partition coefficient (Wildman–Crippen LogP) is 6.09. The Morgan fingerprint density at radius 2 is 0.923 bits per heavy atom. The Morgan fingerprint density at radius 3 is 1.19 bits per heavy atom. The zero-order valence-corrected chi connectivity index (χ0v) is 17.6. The molecule has 0 aromatic heterocycles. The van der Waals surface area contributed by atoms with Crippen molar-refractivity contribution in [1.82, 2.24) is 0 Å². The van der Waals surface area contributed by atoms with Crippen LogP contribution in [0.25, 0.3) is 0 Å². The lowest BCUT2D eigenvalue weighted by Gasteiger charge is -2.24. The highest BCUT2D eigenvalue weighted by Gasteiger charge is 2.23. The van der Waals surface area contributed by atoms with Gasteiger partial charge in [0.15, 0.2) is 0 Å². The Bertz CT molecular complexity index is 733. The molecule has 0 saturated carbocycles. The van der Waals surface area contributed by atoms with Crippen LogP contribution in [0, 0.1) is 13.8 Å². The number of benzene rings is 2. The number of aryl methyl sites for hydroxylation is 2. The quantitative estimate of drug-likeness (QED) is 0.699. The Balaban J connectivity index is 2.42. The molecule has 2 nitrogen and oxygen atoms in total. The molecule has 0 heterocycles. The largest absolute Gasteiger partial charge is 0.507 e. The third-order valence-electron chi connectivity index (χ3n) is 5.27. The summed E-state index contributed by atoms with van der Waals surface area (Å²) in [6.45, 7) is 16.8. The number of hydrogen-bond acceptors (Lipinski definition) is 2. The Morgan fingerprint density at radius 1 is 0.615 bits per heavy atom. The number of phenols is 2. The van der Waals surface area contributed by atoms with E-state index in [4.69, 9.17) is 0 Å². The fourth-order valence-corrected chi connectivity index (χ4v) is 3.57. The molecule has 142 valence electrons. The third-order valence-corrected chi connectivity index (χ3v) is 5.27. The number of hydrogen-bond donors (Lipinski definition) is 2. The van der Waals surface area contributed by atoms with Crippen molar-refractivity contribution >= 4 is 0 Å². The standard InChI is InChI=1S/C24H34O2/c1-15-9-13-19(23(3,4)5)21(25)17(15)11-12-18-16(2)10-14-20(22(18)26)24(6,7)8/h9-10,13-14,25-26H,11-12H2,1-8H3. The molecule has 0 spiro atoms. The lowest BCUT2D eigenvalue weighted by molar-refractivity contribution is 0.434. The van der Waals surface area contributed by atoms with Gasteiger partial charge in [0.1, 0.15) is 11.5 Å². The highest BCUT2D eigenvalue weighted by atomic mass is 16.3. The van der Waals surface area contributed by atoms with Gasteiger partial charge in [-0.25, -0.2) is 0 Å². The first-order chi connectivity index (χ1) is 11.8. The highest BCUT2D eigenvalue weighted by molar-refractivity contribution is 5.51. The summed E-state index contributed by atoms with van der Waals surface area (Å²) in [6, 6.07) is 8.23. The molecule has 2 rings (SSSR count). The maximum Gasteiger partial charge on any atom is 0.122 e. The van der Waals surface area contributed by atoms with Gasteiger partial charge in [-0.3, -0.25) is 0 Å². The summed E-state index contributed by atoms with van der Waals surface area (Å²) in [7, 11) is 0. The summed E-state index contributed by atoms with van der Waals surface area (Å²) in [4.78, 5) is 0. The van der Waals surface area contributed by atoms with Crippen LogP contribution in [-0.2, 0) is 23.7 Å². The topological polar surface area (TPSA) is 40.5 Å². The molecular formula is C24H34O2. The average Bonchev–Trinajstić information content (AvgIpc) is 2.46. The molecule has 26 heavy (non-hydrogen) atoms. The van der Waals surface area contributed by atoms with Gasteiger partial charge in [-0.1, -0.05) is 65.8 Å². The predicted molar refractivity (Wildman–Crippen MR) is 110 cm³/mol. The van der Waals surface area contributed by atoms with E-state index in [-0.39, 0.29) is 10.8 Å². The molecule has 0 radical (unpaired) electrons. The van der Waals surface area contributed by atoms with Crippen LogP contribution >= 0.6 is 0 Å². The minimum absolute atomic E-state index is 0.100. The first-order valence-electron chi connectivity index (χ1n) is 9.48. The molecule has 0 aliphatic rings. The van der Waals surface area contributed by atoms with E-state index in [1.54, 1.807) is 0 Å². The van der Waals surface area contributed by atoms with Gasteiger partial charge >= 0.3 is 0 Å². The molecule has 0 bridgehead atoms. The smallest absolute Gasteiger partial charge is 0.122 e. The van der Waals surface area contributed by atoms with E-state index < -0.39 is 0 Å². The summed E-state index contributed by atoms with van der Waals surface area (Å²) >= 11 is 0. The van der Waals surface area contributed by atoms with E-state index in [1.807, 2.05) is 26.0 Å². The molecule has 2 N–H and O–H groups in total. The Kier molecular flexibility index (Phi) is 5.46. The number of phenolic OH excluding ortho intramolecular Hbond substituents is 2. The SMILES string of the molecule is Cc1ccc(C(C)(C)C)c(O)c1CCc1c(C)ccc(C(C)(C)C)c1O. The van der Waals surface area contributed by atoms with E-state index in [9.17, 15) is 10.2 Å². The second-order valence-corrected chi connectivity index (χ2v) is 9.51. The van der Waals surface area contributed by atoms with Crippen molar-refractivity contribution in [3.8, 4) is 11.5 Å². The molecule has 2 aromatic rings. The van der Waals surface area contributed by atoms with Gasteiger partial charge in [-0.15, -0.1) is 0 Å². The van der Waals surface area contributed by atoms with Crippen molar-refractivity contribution in [3.63, 3.8) is 0 Å². The average molecular weight is 355 g/mol. The van der Waals surface area contributed by atoms with E-state index in [1.165, 1.54) is 0 Å². The second-order valence-electron chi connectivity index (χ2n) is 9.51. The monoisotopic (exact) mass is 354 g/mol. The lowest BCUT2D eigenvalue weighted by Crippen LogP contribution is -2.14. The summed E-state index contributed by atoms with van der Waals surface area (Å²) < 4.78 is 0. The van der Waals surface area contributed by atoms with Gasteiger partial charge in [-0.05, 0) is 70.9 Å². The van der Waals surface area contributed by atoms with Crippen LogP contribution in [0.2, 0.25) is 0 Å². The van der Waals surface area contributed by atoms with Crippen LogP contribution in [0.15, 0.2) is 24.3 Å². The molecule has 0 unspecified atom stereocenters. The van der Waals surface area contributed by atoms with Crippen LogP contribution in [-0.4, -0.2) is 10.2 Å². The van der Waals surface area contributed by atoms with E-state index in [2.05, 4.69) is 53.7 Å². The number of rotatable bonds is 3. The summed E-state index contributed by atoms with van der Waals surface area (Å²) in [6.07, 6.45) is 1.42. The van der Waals surface area contributed by atoms with Crippen LogP contribution in [0.1, 0.15) is 74.9 Å². The van der Waals surface area contributed by atoms with Crippen LogP contribution in [0.3, 0.4) is 0 Å². The fraction of sp³-hybridized carbons (Fsp3) is 0.500. The van der Waals surface area contributed by atoms with E-state index in [0.717, 1.165) is 33.4 Å². The molecule has 2 heteroatoms. The van der Waals surface area contributed by atoms with Gasteiger partial charge in [0.05, 0.1) is 0 Å². The van der Waals surface area contributed by atoms with Crippen molar-refractivity contribution in [1.29, 1.82) is 0 Å². The van der Waals surface area contributed by atoms with Crippen LogP contribution in [0.4, 0.5) is 0 Å². The minimum Gasteiger partial charge on any atom is -0.507 e. The second kappa shape index (κ2) is 6.98. The third kappa shape index (κ3) is 4.06. The van der Waals surface area contributed by atoms with Crippen molar-refractivity contribution < 1.29 is 10.2 Å². The summed E-state index contributed by atoms with van der Waals surface area (Å²) in [5.41, 5.74) is 5.91. The maximum absolute atomic E-state index is 10.8. The van der Waals surface area contributed by atoms with Gasteiger partial charge < -0.3 is 10.2 Å². The van der Waals surface area contributed by atoms with Crippen molar-refractivity contribution in [2.24, 2.45) is 0 Å². The van der Waals surface area contributed by atoms with E-state index in [0.29, 0.717) is 24.3 Å². The molecule has 2 aromatic carbocycles. The molecule has 0 aliphatic heterocycles. The molecule has 0 aliphatic carbocycles. The Hall–Kier alpha value is -1.96. The van der Waals surface area contributed by atoms with Gasteiger partial charge in [0.2, 0.25) is 0 Å². The molecule has 0 amide bonds. The van der Waals surface area contributed by atoms with Crippen LogP contribution in [0.5, 0.6) is 11.5 Å². The van der Waals surface area contributed by atoms with Gasteiger partial charge in [-0.2, -0.15) is 0 Å². The van der Waals surface area contributed by atoms with Gasteiger partial charge in [0.25, 0.3) is 0 Å². The molecule has 0 atom stereocenters. The first-order valence-corrected chi connectivity index (χ1v) is 9.48. The lowest BCUT2D eigenvalue weighted by atomic mass is 9.82. The molecule has 0 saturated heterocycles. The first kappa shape index (κ1) is 20.4. The van der Waals surface area contributed by atoms with Crippen molar-refractivity contribution in [2.75, 3.05) is 0 Å². The molecule has 0 fully saturated rings. The number of aromatic hydroxyl groups is 2. The zero-order chi connectivity index (χ0) is 19.9. The Labute approximate surface area is 158 Å². The fourth-order valence-electron chi connectivity index (χ4n) is 3.57. The zero-order valence-electron chi connectivity index (χ0n) is 17.6. The van der Waals surface area contributed by atoms with Crippen LogP contribution < -0.4 is 0 Å². The molecular weight excluding hydrogens is 320 g/mol. The van der Waals surface area contributed by atoms with Crippen molar-refractivity contribution in [2.45, 2.75) is 79.1 Å². The van der Waals surface area contributed by atoms with Gasteiger partial charge in [0, 0.05) is 0 Å². The normalized spacial score (nSPS) is 12.5. The van der Waals surface area contributed by atoms with Crippen molar-refractivity contribution in [3.05, 3.63) is 57.6 Å². The summed E-state index contributed by atoms with van der Waals surface area (Å²) in [5, 5.41) is 21.7. The maximum atomic E-state index is 10.8. The summed E-state index contributed by atoms with van der Waals surface area (Å²) in [5.74, 6) is 0.809. The minimum atomic E-state index is -0.100.